The Balaban J connectivity index is 1.62. The number of nitrogens with one attached hydrogen (secondary N) is 1. The Bertz CT molecular complexity index is 865. The van der Waals surface area contributed by atoms with E-state index in [4.69, 9.17) is 9.47 Å². The van der Waals surface area contributed by atoms with Crippen molar-refractivity contribution in [1.29, 1.82) is 0 Å². The molecule has 0 heterocycles. The van der Waals surface area contributed by atoms with Crippen LogP contribution in [0.5, 0.6) is 11.5 Å². The summed E-state index contributed by atoms with van der Waals surface area (Å²) >= 11 is 0. The van der Waals surface area contributed by atoms with Crippen LogP contribution >= 0.6 is 0 Å². The van der Waals surface area contributed by atoms with Gasteiger partial charge < -0.3 is 19.7 Å². The minimum Gasteiger partial charge on any atom is -0.497 e. The van der Waals surface area contributed by atoms with Crippen LogP contribution in [0.3, 0.4) is 0 Å². The number of hydrogen-bond donors (Lipinski definition) is 1. The van der Waals surface area contributed by atoms with Crippen molar-refractivity contribution >= 4 is 11.8 Å². The van der Waals surface area contributed by atoms with Crippen molar-refractivity contribution < 1.29 is 19.1 Å². The van der Waals surface area contributed by atoms with E-state index in [1.807, 2.05) is 61.5 Å². The summed E-state index contributed by atoms with van der Waals surface area (Å²) in [6.07, 6.45) is 5.22. The van der Waals surface area contributed by atoms with Crippen LogP contribution in [0.25, 0.3) is 0 Å². The quantitative estimate of drug-likeness (QED) is 0.530. The van der Waals surface area contributed by atoms with Crippen molar-refractivity contribution in [1.82, 2.24) is 10.2 Å². The molecule has 172 valence electrons. The van der Waals surface area contributed by atoms with Crippen molar-refractivity contribution in [3.63, 3.8) is 0 Å². The second-order valence-electron chi connectivity index (χ2n) is 8.30. The Morgan fingerprint density at radius 2 is 1.78 bits per heavy atom. The summed E-state index contributed by atoms with van der Waals surface area (Å²) in [6.45, 7) is 2.61. The van der Waals surface area contributed by atoms with E-state index >= 15 is 0 Å². The van der Waals surface area contributed by atoms with Gasteiger partial charge in [0.2, 0.25) is 11.8 Å². The maximum atomic E-state index is 13.2. The standard InChI is InChI=1S/C26H34N2O4/c1-20(26(30)27-22-11-6-7-12-22)28(19-21-10-8-15-24(18-21)31-2)25(29)16-9-17-32-23-13-4-3-5-14-23/h3-5,8,10,13-15,18,20,22H,6-7,9,11-12,16-17,19H2,1-2H3,(H,27,30)/t20-/m0/s1. The highest BCUT2D eigenvalue weighted by Gasteiger charge is 2.28. The fraction of sp³-hybridized carbons (Fsp3) is 0.462. The van der Waals surface area contributed by atoms with Crippen molar-refractivity contribution in [2.75, 3.05) is 13.7 Å². The molecule has 1 saturated carbocycles. The zero-order valence-electron chi connectivity index (χ0n) is 19.1. The number of hydrogen-bond acceptors (Lipinski definition) is 4. The van der Waals surface area contributed by atoms with Gasteiger partial charge in [-0.15, -0.1) is 0 Å². The topological polar surface area (TPSA) is 67.9 Å². The lowest BCUT2D eigenvalue weighted by Crippen LogP contribution is -2.49. The lowest BCUT2D eigenvalue weighted by Gasteiger charge is -2.30. The van der Waals surface area contributed by atoms with E-state index in [1.165, 1.54) is 0 Å². The average molecular weight is 439 g/mol. The number of amides is 2. The molecule has 1 aliphatic carbocycles. The van der Waals surface area contributed by atoms with Gasteiger partial charge in [-0.3, -0.25) is 9.59 Å². The molecule has 0 aliphatic heterocycles. The number of methoxy groups -OCH3 is 1. The van der Waals surface area contributed by atoms with Gasteiger partial charge in [-0.2, -0.15) is 0 Å². The molecule has 2 aromatic rings. The fourth-order valence-corrected chi connectivity index (χ4v) is 4.02. The first-order chi connectivity index (χ1) is 15.6. The third-order valence-corrected chi connectivity index (χ3v) is 5.90. The van der Waals surface area contributed by atoms with Crippen LogP contribution in [-0.2, 0) is 16.1 Å². The van der Waals surface area contributed by atoms with Crippen LogP contribution in [0.15, 0.2) is 54.6 Å². The predicted molar refractivity (Wildman–Crippen MR) is 125 cm³/mol. The molecule has 0 unspecified atom stereocenters. The highest BCUT2D eigenvalue weighted by Crippen LogP contribution is 2.20. The number of nitrogens with zero attached hydrogens (tertiary/aromatic N) is 1. The summed E-state index contributed by atoms with van der Waals surface area (Å²) in [5.74, 6) is 1.37. The second-order valence-corrected chi connectivity index (χ2v) is 8.30. The number of rotatable bonds is 11. The van der Waals surface area contributed by atoms with Gasteiger partial charge in [0.05, 0.1) is 13.7 Å². The zero-order chi connectivity index (χ0) is 22.8. The van der Waals surface area contributed by atoms with Crippen LogP contribution in [0.1, 0.15) is 51.0 Å². The van der Waals surface area contributed by atoms with E-state index in [0.29, 0.717) is 26.0 Å². The molecule has 0 bridgehead atoms. The summed E-state index contributed by atoms with van der Waals surface area (Å²) in [6, 6.07) is 16.8. The number of para-hydroxylation sites is 1. The molecule has 1 fully saturated rings. The van der Waals surface area contributed by atoms with E-state index in [2.05, 4.69) is 5.32 Å². The fourth-order valence-electron chi connectivity index (χ4n) is 4.02. The van der Waals surface area contributed by atoms with E-state index < -0.39 is 6.04 Å². The molecule has 6 heteroatoms. The van der Waals surface area contributed by atoms with E-state index in [9.17, 15) is 9.59 Å². The normalized spacial score (nSPS) is 14.6. The van der Waals surface area contributed by atoms with Gasteiger partial charge in [0, 0.05) is 19.0 Å². The Kier molecular flexibility index (Phi) is 8.96. The van der Waals surface area contributed by atoms with E-state index in [1.54, 1.807) is 12.0 Å². The maximum absolute atomic E-state index is 13.2. The van der Waals surface area contributed by atoms with Crippen LogP contribution in [0.2, 0.25) is 0 Å². The molecule has 0 saturated heterocycles. The van der Waals surface area contributed by atoms with Crippen LogP contribution < -0.4 is 14.8 Å². The molecule has 0 radical (unpaired) electrons. The largest absolute Gasteiger partial charge is 0.497 e. The van der Waals surface area contributed by atoms with Crippen LogP contribution in [0, 0.1) is 0 Å². The molecule has 1 aliphatic rings. The summed E-state index contributed by atoms with van der Waals surface area (Å²) in [5, 5.41) is 3.13. The molecule has 2 amide bonds. The Morgan fingerprint density at radius 3 is 2.50 bits per heavy atom. The first-order valence-corrected chi connectivity index (χ1v) is 11.5. The lowest BCUT2D eigenvalue weighted by molar-refractivity contribution is -0.141. The number of ether oxygens (including phenoxy) is 2. The predicted octanol–water partition coefficient (Wildman–Crippen LogP) is 4.33. The number of carbonyl (C=O) groups is 2. The summed E-state index contributed by atoms with van der Waals surface area (Å²) in [7, 11) is 1.62. The zero-order valence-corrected chi connectivity index (χ0v) is 19.1. The smallest absolute Gasteiger partial charge is 0.242 e. The van der Waals surface area contributed by atoms with Crippen molar-refractivity contribution in [2.24, 2.45) is 0 Å². The molecule has 1 N–H and O–H groups in total. The van der Waals surface area contributed by atoms with Gasteiger partial charge >= 0.3 is 0 Å². The minimum absolute atomic E-state index is 0.0569. The summed E-state index contributed by atoms with van der Waals surface area (Å²) < 4.78 is 11.0. The van der Waals surface area contributed by atoms with Gasteiger partial charge in [-0.25, -0.2) is 0 Å². The second kappa shape index (κ2) is 12.1. The molecule has 3 rings (SSSR count). The van der Waals surface area contributed by atoms with E-state index in [0.717, 1.165) is 42.7 Å². The number of benzene rings is 2. The van der Waals surface area contributed by atoms with Gasteiger partial charge in [0.1, 0.15) is 17.5 Å². The molecule has 0 aromatic heterocycles. The van der Waals surface area contributed by atoms with E-state index in [-0.39, 0.29) is 17.9 Å². The van der Waals surface area contributed by atoms with Crippen molar-refractivity contribution in [2.45, 2.75) is 64.1 Å². The molecule has 0 spiro atoms. The van der Waals surface area contributed by atoms with Gasteiger partial charge in [-0.05, 0) is 56.0 Å². The highest BCUT2D eigenvalue weighted by atomic mass is 16.5. The SMILES string of the molecule is COc1cccc(CN(C(=O)CCCOc2ccccc2)[C@@H](C)C(=O)NC2CCCC2)c1. The molecule has 2 aromatic carbocycles. The summed E-state index contributed by atoms with van der Waals surface area (Å²) in [5.41, 5.74) is 0.929. The van der Waals surface area contributed by atoms with Crippen molar-refractivity contribution in [3.05, 3.63) is 60.2 Å². The first kappa shape index (κ1) is 23.6. The van der Waals surface area contributed by atoms with Gasteiger partial charge in [-0.1, -0.05) is 43.2 Å². The number of carbonyl (C=O) groups excluding carboxylic acids is 2. The molecule has 32 heavy (non-hydrogen) atoms. The van der Waals surface area contributed by atoms with Gasteiger partial charge in [0.25, 0.3) is 0 Å². The lowest BCUT2D eigenvalue weighted by atomic mass is 10.1. The van der Waals surface area contributed by atoms with Gasteiger partial charge in [0.15, 0.2) is 0 Å². The maximum Gasteiger partial charge on any atom is 0.242 e. The average Bonchev–Trinajstić information content (AvgIpc) is 3.33. The first-order valence-electron chi connectivity index (χ1n) is 11.5. The molecule has 1 atom stereocenters. The third kappa shape index (κ3) is 7.01. The minimum atomic E-state index is -0.552. The Hall–Kier alpha value is -3.02. The molecular formula is C26H34N2O4. The third-order valence-electron chi connectivity index (χ3n) is 5.90. The Morgan fingerprint density at radius 1 is 1.06 bits per heavy atom. The van der Waals surface area contributed by atoms with Crippen LogP contribution in [0.4, 0.5) is 0 Å². The monoisotopic (exact) mass is 438 g/mol. The molecular weight excluding hydrogens is 404 g/mol. The Labute approximate surface area is 190 Å². The molecule has 6 nitrogen and oxygen atoms in total. The van der Waals surface area contributed by atoms with Crippen molar-refractivity contribution in [3.8, 4) is 11.5 Å². The van der Waals surface area contributed by atoms with Crippen LogP contribution in [-0.4, -0.2) is 42.5 Å². The summed E-state index contributed by atoms with van der Waals surface area (Å²) in [4.78, 5) is 27.7. The highest BCUT2D eigenvalue weighted by molar-refractivity contribution is 5.87.